The molecule has 1 aliphatic heterocycles. The SMILES string of the molecule is C=CCOC(=O)C1(NC(=O)c2cnc3n2[C@](C)(Cc2ccc(Cl)cc2)C(=O)N3c2cc(Cl)cc(Cl)c2)CC1. The number of fused-ring (bicyclic) bond motifs is 1. The second kappa shape index (κ2) is 9.76. The largest absolute Gasteiger partial charge is 0.460 e. The molecule has 8 nitrogen and oxygen atoms in total. The summed E-state index contributed by atoms with van der Waals surface area (Å²) in [5.74, 6) is -1.16. The van der Waals surface area contributed by atoms with Crippen molar-refractivity contribution >= 4 is 64.2 Å². The number of ether oxygens (including phenoxy) is 1. The van der Waals surface area contributed by atoms with Crippen molar-refractivity contribution in [2.45, 2.75) is 37.3 Å². The van der Waals surface area contributed by atoms with Gasteiger partial charge < -0.3 is 10.1 Å². The van der Waals surface area contributed by atoms with Crippen LogP contribution in [0.15, 0.2) is 61.3 Å². The molecule has 196 valence electrons. The molecule has 1 aromatic heterocycles. The first kappa shape index (κ1) is 26.3. The Bertz CT molecular complexity index is 1450. The van der Waals surface area contributed by atoms with Crippen LogP contribution in [0.5, 0.6) is 0 Å². The van der Waals surface area contributed by atoms with Gasteiger partial charge in [0.15, 0.2) is 0 Å². The van der Waals surface area contributed by atoms with Crippen LogP contribution in [0.25, 0.3) is 0 Å². The third-order valence-electron chi connectivity index (χ3n) is 6.73. The van der Waals surface area contributed by atoms with Crippen molar-refractivity contribution in [2.75, 3.05) is 11.5 Å². The fourth-order valence-corrected chi connectivity index (χ4v) is 5.33. The molecule has 2 amide bonds. The normalized spacial score (nSPS) is 19.2. The predicted molar refractivity (Wildman–Crippen MR) is 145 cm³/mol. The number of benzene rings is 2. The first-order valence-corrected chi connectivity index (χ1v) is 13.0. The van der Waals surface area contributed by atoms with E-state index >= 15 is 0 Å². The number of nitrogens with zero attached hydrogens (tertiary/aromatic N) is 3. The highest BCUT2D eigenvalue weighted by molar-refractivity contribution is 6.35. The smallest absolute Gasteiger partial charge is 0.332 e. The zero-order valence-electron chi connectivity index (χ0n) is 20.3. The Kier molecular flexibility index (Phi) is 6.75. The van der Waals surface area contributed by atoms with E-state index in [1.165, 1.54) is 17.2 Å². The predicted octanol–water partition coefficient (Wildman–Crippen LogP) is 5.47. The van der Waals surface area contributed by atoms with Crippen LogP contribution in [0.1, 0.15) is 35.8 Å². The van der Waals surface area contributed by atoms with E-state index in [1.54, 1.807) is 41.8 Å². The molecule has 0 spiro atoms. The van der Waals surface area contributed by atoms with Gasteiger partial charge in [-0.05, 0) is 55.7 Å². The number of rotatable bonds is 8. The van der Waals surface area contributed by atoms with Gasteiger partial charge in [-0.25, -0.2) is 14.7 Å². The fraction of sp³-hybridized carbons (Fsp3) is 0.259. The molecule has 1 aliphatic carbocycles. The molecule has 0 bridgehead atoms. The van der Waals surface area contributed by atoms with Gasteiger partial charge in [0.1, 0.15) is 23.4 Å². The summed E-state index contributed by atoms with van der Waals surface area (Å²) in [4.78, 5) is 46.0. The molecule has 2 aliphatic rings. The Labute approximate surface area is 234 Å². The third kappa shape index (κ3) is 4.57. The van der Waals surface area contributed by atoms with Crippen LogP contribution in [-0.4, -0.2) is 39.5 Å². The zero-order chi connectivity index (χ0) is 27.2. The summed E-state index contributed by atoms with van der Waals surface area (Å²) in [5.41, 5.74) is -0.989. The van der Waals surface area contributed by atoms with Gasteiger partial charge in [0.05, 0.1) is 11.9 Å². The van der Waals surface area contributed by atoms with Crippen LogP contribution in [-0.2, 0) is 26.3 Å². The van der Waals surface area contributed by atoms with Crippen molar-refractivity contribution in [3.8, 4) is 0 Å². The molecule has 2 aromatic carbocycles. The Morgan fingerprint density at radius 2 is 1.76 bits per heavy atom. The molecule has 1 saturated carbocycles. The standard InChI is InChI=1S/C27H23Cl3N4O4/c1-3-10-38-24(37)27(8-9-27)32-22(35)21-15-31-25-33(20-12-18(29)11-19(30)13-20)23(36)26(2,34(21)25)14-16-4-6-17(28)7-5-16/h3-7,11-13,15H,1,8-10,14H2,2H3,(H,32,35)/t26-/m1/s1. The molecular weight excluding hydrogens is 551 g/mol. The maximum Gasteiger partial charge on any atom is 0.332 e. The molecule has 38 heavy (non-hydrogen) atoms. The van der Waals surface area contributed by atoms with Gasteiger partial charge >= 0.3 is 5.97 Å². The Hall–Kier alpha value is -3.33. The molecule has 1 fully saturated rings. The topological polar surface area (TPSA) is 93.5 Å². The molecular formula is C27H23Cl3N4O4. The lowest BCUT2D eigenvalue weighted by molar-refractivity contribution is -0.145. The van der Waals surface area contributed by atoms with E-state index in [-0.39, 0.29) is 30.6 Å². The number of amides is 2. The average Bonchev–Trinajstić information content (AvgIpc) is 3.45. The van der Waals surface area contributed by atoms with Gasteiger partial charge in [-0.15, -0.1) is 0 Å². The van der Waals surface area contributed by atoms with E-state index in [9.17, 15) is 14.4 Å². The Morgan fingerprint density at radius 3 is 2.37 bits per heavy atom. The molecule has 5 rings (SSSR count). The lowest BCUT2D eigenvalue weighted by Gasteiger charge is -2.27. The van der Waals surface area contributed by atoms with Gasteiger partial charge in [-0.2, -0.15) is 0 Å². The number of esters is 1. The van der Waals surface area contributed by atoms with E-state index in [2.05, 4.69) is 16.9 Å². The van der Waals surface area contributed by atoms with E-state index in [1.807, 2.05) is 12.1 Å². The first-order valence-electron chi connectivity index (χ1n) is 11.8. The second-order valence-corrected chi connectivity index (χ2v) is 10.9. The Balaban J connectivity index is 1.57. The van der Waals surface area contributed by atoms with Crippen LogP contribution in [0.2, 0.25) is 15.1 Å². The van der Waals surface area contributed by atoms with Crippen molar-refractivity contribution in [1.29, 1.82) is 0 Å². The van der Waals surface area contributed by atoms with Gasteiger partial charge in [0, 0.05) is 21.5 Å². The van der Waals surface area contributed by atoms with Gasteiger partial charge in [0.2, 0.25) is 5.95 Å². The zero-order valence-corrected chi connectivity index (χ0v) is 22.6. The van der Waals surface area contributed by atoms with Crippen LogP contribution in [0, 0.1) is 0 Å². The molecule has 0 unspecified atom stereocenters. The number of aromatic nitrogens is 2. The van der Waals surface area contributed by atoms with Crippen molar-refractivity contribution in [1.82, 2.24) is 14.9 Å². The summed E-state index contributed by atoms with van der Waals surface area (Å²) in [6.07, 6.45) is 3.99. The van der Waals surface area contributed by atoms with Gasteiger partial charge in [0.25, 0.3) is 11.8 Å². The number of hydrogen-bond donors (Lipinski definition) is 1. The number of imidazole rings is 1. The molecule has 3 aromatic rings. The molecule has 11 heteroatoms. The number of carbonyl (C=O) groups excluding carboxylic acids is 3. The minimum absolute atomic E-state index is 0.0450. The second-order valence-electron chi connectivity index (χ2n) is 9.55. The lowest BCUT2D eigenvalue weighted by Crippen LogP contribution is -2.47. The van der Waals surface area contributed by atoms with Crippen LogP contribution >= 0.6 is 34.8 Å². The summed E-state index contributed by atoms with van der Waals surface area (Å²) in [6, 6.07) is 11.9. The van der Waals surface area contributed by atoms with Gasteiger partial charge in [-0.1, -0.05) is 59.6 Å². The maximum absolute atomic E-state index is 14.1. The van der Waals surface area contributed by atoms with Gasteiger partial charge in [-0.3, -0.25) is 14.2 Å². The summed E-state index contributed by atoms with van der Waals surface area (Å²) < 4.78 is 6.78. The van der Waals surface area contributed by atoms with Crippen molar-refractivity contribution < 1.29 is 19.1 Å². The van der Waals surface area contributed by atoms with Crippen molar-refractivity contribution in [3.63, 3.8) is 0 Å². The van der Waals surface area contributed by atoms with Crippen LogP contribution in [0.4, 0.5) is 11.6 Å². The first-order chi connectivity index (χ1) is 18.1. The third-order valence-corrected chi connectivity index (χ3v) is 7.41. The highest BCUT2D eigenvalue weighted by Gasteiger charge is 2.55. The Morgan fingerprint density at radius 1 is 1.11 bits per heavy atom. The number of anilines is 2. The molecule has 0 radical (unpaired) electrons. The molecule has 2 heterocycles. The van der Waals surface area contributed by atoms with Crippen LogP contribution < -0.4 is 10.2 Å². The number of carbonyl (C=O) groups is 3. The maximum atomic E-state index is 14.1. The molecule has 1 N–H and O–H groups in total. The number of nitrogens with one attached hydrogen (secondary N) is 1. The van der Waals surface area contributed by atoms with E-state index < -0.39 is 23.0 Å². The quantitative estimate of drug-likeness (QED) is 0.285. The minimum Gasteiger partial charge on any atom is -0.460 e. The minimum atomic E-state index is -1.25. The summed E-state index contributed by atoms with van der Waals surface area (Å²) in [6.45, 7) is 5.33. The molecule has 1 atom stereocenters. The van der Waals surface area contributed by atoms with Crippen molar-refractivity contribution in [2.24, 2.45) is 0 Å². The summed E-state index contributed by atoms with van der Waals surface area (Å²) in [7, 11) is 0. The summed E-state index contributed by atoms with van der Waals surface area (Å²) in [5, 5.41) is 4.06. The number of halogens is 3. The number of hydrogen-bond acceptors (Lipinski definition) is 5. The van der Waals surface area contributed by atoms with Crippen LogP contribution in [0.3, 0.4) is 0 Å². The monoisotopic (exact) mass is 572 g/mol. The lowest BCUT2D eigenvalue weighted by atomic mass is 9.91. The van der Waals surface area contributed by atoms with E-state index in [0.717, 1.165) is 5.56 Å². The highest BCUT2D eigenvalue weighted by atomic mass is 35.5. The fourth-order valence-electron chi connectivity index (χ4n) is 4.69. The van der Waals surface area contributed by atoms with E-state index in [4.69, 9.17) is 39.5 Å². The summed E-state index contributed by atoms with van der Waals surface area (Å²) >= 11 is 18.6. The average molecular weight is 574 g/mol. The molecule has 0 saturated heterocycles. The van der Waals surface area contributed by atoms with Crippen molar-refractivity contribution in [3.05, 3.63) is 87.6 Å². The highest BCUT2D eigenvalue weighted by Crippen LogP contribution is 2.44. The van der Waals surface area contributed by atoms with E-state index in [0.29, 0.717) is 33.6 Å².